The van der Waals surface area contributed by atoms with Crippen LogP contribution in [0, 0.1) is 5.92 Å². The van der Waals surface area contributed by atoms with Gasteiger partial charge in [-0.3, -0.25) is 14.5 Å². The van der Waals surface area contributed by atoms with Crippen molar-refractivity contribution < 1.29 is 14.7 Å². The Balaban J connectivity index is 2.62. The average molecular weight is 171 g/mol. The zero-order chi connectivity index (χ0) is 9.14. The van der Waals surface area contributed by atoms with Crippen molar-refractivity contribution in [1.29, 1.82) is 0 Å². The van der Waals surface area contributed by atoms with Gasteiger partial charge in [-0.05, 0) is 13.3 Å². The molecule has 1 unspecified atom stereocenters. The van der Waals surface area contributed by atoms with Gasteiger partial charge in [-0.1, -0.05) is 0 Å². The molecule has 1 aliphatic rings. The van der Waals surface area contributed by atoms with E-state index in [1.165, 1.54) is 4.90 Å². The van der Waals surface area contributed by atoms with Crippen LogP contribution in [0.2, 0.25) is 0 Å². The molecule has 1 fully saturated rings. The summed E-state index contributed by atoms with van der Waals surface area (Å²) in [6, 6.07) is 0. The van der Waals surface area contributed by atoms with Gasteiger partial charge in [0.15, 0.2) is 0 Å². The summed E-state index contributed by atoms with van der Waals surface area (Å²) in [4.78, 5) is 23.7. The van der Waals surface area contributed by atoms with Gasteiger partial charge in [0.2, 0.25) is 11.8 Å². The van der Waals surface area contributed by atoms with Gasteiger partial charge < -0.3 is 5.11 Å². The molecule has 1 aliphatic heterocycles. The number of amides is 2. The minimum absolute atomic E-state index is 0.0265. The lowest BCUT2D eigenvalue weighted by molar-refractivity contribution is -0.139. The average Bonchev–Trinajstić information content (AvgIpc) is 2.29. The van der Waals surface area contributed by atoms with Crippen molar-refractivity contribution in [3.05, 3.63) is 0 Å². The molecule has 0 saturated carbocycles. The number of carbonyl (C=O) groups is 2. The molecule has 0 aromatic heterocycles. The van der Waals surface area contributed by atoms with Crippen LogP contribution in [0.4, 0.5) is 0 Å². The third kappa shape index (κ3) is 1.48. The Labute approximate surface area is 71.2 Å². The third-order valence-corrected chi connectivity index (χ3v) is 2.13. The number of imide groups is 1. The van der Waals surface area contributed by atoms with E-state index < -0.39 is 0 Å². The second-order valence-corrected chi connectivity index (χ2v) is 2.89. The van der Waals surface area contributed by atoms with Crippen LogP contribution >= 0.6 is 0 Å². The molecular weight excluding hydrogens is 158 g/mol. The zero-order valence-electron chi connectivity index (χ0n) is 7.12. The molecule has 0 bridgehead atoms. The number of aliphatic hydroxyl groups is 1. The number of aliphatic hydroxyl groups excluding tert-OH is 1. The van der Waals surface area contributed by atoms with E-state index >= 15 is 0 Å². The quantitative estimate of drug-likeness (QED) is 0.596. The smallest absolute Gasteiger partial charge is 0.232 e. The lowest BCUT2D eigenvalue weighted by Gasteiger charge is -2.10. The van der Waals surface area contributed by atoms with Crippen LogP contribution < -0.4 is 0 Å². The summed E-state index contributed by atoms with van der Waals surface area (Å²) in [5.74, 6) is -0.514. The molecule has 12 heavy (non-hydrogen) atoms. The Morgan fingerprint density at radius 2 is 2.25 bits per heavy atom. The number of carbonyl (C=O) groups excluding carboxylic acids is 2. The molecule has 1 rings (SSSR count). The van der Waals surface area contributed by atoms with Crippen molar-refractivity contribution >= 4 is 11.8 Å². The highest BCUT2D eigenvalue weighted by molar-refractivity contribution is 6.03. The van der Waals surface area contributed by atoms with Crippen LogP contribution in [0.25, 0.3) is 0 Å². The van der Waals surface area contributed by atoms with E-state index in [2.05, 4.69) is 0 Å². The molecule has 68 valence electrons. The lowest BCUT2D eigenvalue weighted by atomic mass is 10.1. The fraction of sp³-hybridized carbons (Fsp3) is 0.750. The van der Waals surface area contributed by atoms with Crippen LogP contribution in [-0.2, 0) is 9.59 Å². The van der Waals surface area contributed by atoms with E-state index in [9.17, 15) is 9.59 Å². The van der Waals surface area contributed by atoms with Crippen LogP contribution in [-0.4, -0.2) is 35.0 Å². The highest BCUT2D eigenvalue weighted by Gasteiger charge is 2.36. The largest absolute Gasteiger partial charge is 0.396 e. The minimum atomic E-state index is -0.276. The van der Waals surface area contributed by atoms with Gasteiger partial charge in [0.25, 0.3) is 0 Å². The van der Waals surface area contributed by atoms with Gasteiger partial charge in [-0.2, -0.15) is 0 Å². The number of hydrogen-bond acceptors (Lipinski definition) is 3. The minimum Gasteiger partial charge on any atom is -0.396 e. The molecule has 1 saturated heterocycles. The van der Waals surface area contributed by atoms with Crippen molar-refractivity contribution in [3.63, 3.8) is 0 Å². The summed E-state index contributed by atoms with van der Waals surface area (Å²) in [5, 5.41) is 8.61. The highest BCUT2D eigenvalue weighted by atomic mass is 16.3. The molecule has 4 nitrogen and oxygen atoms in total. The second-order valence-electron chi connectivity index (χ2n) is 2.89. The molecule has 1 atom stereocenters. The molecule has 1 N–H and O–H groups in total. The maximum Gasteiger partial charge on any atom is 0.232 e. The molecule has 0 aromatic carbocycles. The monoisotopic (exact) mass is 171 g/mol. The molecule has 1 heterocycles. The third-order valence-electron chi connectivity index (χ3n) is 2.13. The Morgan fingerprint density at radius 1 is 1.58 bits per heavy atom. The topological polar surface area (TPSA) is 57.6 Å². The number of likely N-dealkylation sites (tertiary alicyclic amines) is 1. The van der Waals surface area contributed by atoms with Gasteiger partial charge in [0, 0.05) is 25.5 Å². The van der Waals surface area contributed by atoms with Gasteiger partial charge in [0.05, 0.1) is 0 Å². The Kier molecular flexibility index (Phi) is 2.81. The summed E-state index contributed by atoms with van der Waals surface area (Å²) in [6.07, 6.45) is 0.675. The summed E-state index contributed by atoms with van der Waals surface area (Å²) < 4.78 is 0. The maximum absolute atomic E-state index is 11.3. The van der Waals surface area contributed by atoms with Gasteiger partial charge >= 0.3 is 0 Å². The molecule has 4 heteroatoms. The van der Waals surface area contributed by atoms with Gasteiger partial charge in [-0.15, -0.1) is 0 Å². The standard InChI is InChI=1S/C8H13NO3/c1-2-9-7(11)5-6(3-4-10)8(9)12/h6,10H,2-5H2,1H3. The highest BCUT2D eigenvalue weighted by Crippen LogP contribution is 2.21. The van der Waals surface area contributed by atoms with Crippen molar-refractivity contribution in [1.82, 2.24) is 4.90 Å². The predicted octanol–water partition coefficient (Wildman–Crippen LogP) is -0.236. The fourth-order valence-electron chi connectivity index (χ4n) is 1.47. The molecule has 0 spiro atoms. The van der Waals surface area contributed by atoms with E-state index in [0.29, 0.717) is 13.0 Å². The Morgan fingerprint density at radius 3 is 2.67 bits per heavy atom. The fourth-order valence-corrected chi connectivity index (χ4v) is 1.47. The van der Waals surface area contributed by atoms with E-state index in [4.69, 9.17) is 5.11 Å². The molecule has 2 amide bonds. The summed E-state index contributed by atoms with van der Waals surface area (Å²) >= 11 is 0. The zero-order valence-corrected chi connectivity index (χ0v) is 7.12. The van der Waals surface area contributed by atoms with Crippen LogP contribution in [0.15, 0.2) is 0 Å². The van der Waals surface area contributed by atoms with E-state index in [0.717, 1.165) is 0 Å². The lowest BCUT2D eigenvalue weighted by Crippen LogP contribution is -2.30. The van der Waals surface area contributed by atoms with Crippen molar-refractivity contribution in [2.24, 2.45) is 5.92 Å². The maximum atomic E-state index is 11.3. The Bertz CT molecular complexity index is 202. The van der Waals surface area contributed by atoms with Crippen LogP contribution in [0.1, 0.15) is 19.8 Å². The van der Waals surface area contributed by atoms with Crippen molar-refractivity contribution in [2.45, 2.75) is 19.8 Å². The first-order chi connectivity index (χ1) is 5.70. The van der Waals surface area contributed by atoms with Crippen molar-refractivity contribution in [3.8, 4) is 0 Å². The number of hydrogen-bond donors (Lipinski definition) is 1. The van der Waals surface area contributed by atoms with Crippen LogP contribution in [0.5, 0.6) is 0 Å². The van der Waals surface area contributed by atoms with E-state index in [-0.39, 0.29) is 30.8 Å². The summed E-state index contributed by atoms with van der Waals surface area (Å²) in [6.45, 7) is 2.19. The first-order valence-corrected chi connectivity index (χ1v) is 4.15. The normalized spacial score (nSPS) is 23.8. The Hall–Kier alpha value is -0.900. The molecule has 0 aliphatic carbocycles. The van der Waals surface area contributed by atoms with Gasteiger partial charge in [-0.25, -0.2) is 0 Å². The summed E-state index contributed by atoms with van der Waals surface area (Å²) in [7, 11) is 0. The first-order valence-electron chi connectivity index (χ1n) is 4.15. The second kappa shape index (κ2) is 3.67. The predicted molar refractivity (Wildman–Crippen MR) is 42.2 cm³/mol. The summed E-state index contributed by atoms with van der Waals surface area (Å²) in [5.41, 5.74) is 0. The molecular formula is C8H13NO3. The molecule has 0 aromatic rings. The van der Waals surface area contributed by atoms with Gasteiger partial charge in [0.1, 0.15) is 0 Å². The van der Waals surface area contributed by atoms with E-state index in [1.54, 1.807) is 6.92 Å². The first kappa shape index (κ1) is 9.19. The van der Waals surface area contributed by atoms with Crippen molar-refractivity contribution in [2.75, 3.05) is 13.2 Å². The van der Waals surface area contributed by atoms with E-state index in [1.807, 2.05) is 0 Å². The number of rotatable bonds is 3. The SMILES string of the molecule is CCN1C(=O)CC(CCO)C1=O. The van der Waals surface area contributed by atoms with Crippen LogP contribution in [0.3, 0.4) is 0 Å². The molecule has 0 radical (unpaired) electrons. The number of nitrogens with zero attached hydrogens (tertiary/aromatic N) is 1.